The molecule has 0 aromatic heterocycles. The number of rotatable bonds is 4. The van der Waals surface area contributed by atoms with Gasteiger partial charge in [-0.1, -0.05) is 45.0 Å². The van der Waals surface area contributed by atoms with Crippen molar-refractivity contribution in [2.24, 2.45) is 0 Å². The first kappa shape index (κ1) is 20.2. The van der Waals surface area contributed by atoms with Crippen LogP contribution in [0.4, 0.5) is 5.69 Å². The minimum absolute atomic E-state index is 0.0560. The Bertz CT molecular complexity index is 813. The molecule has 0 bridgehead atoms. The van der Waals surface area contributed by atoms with Gasteiger partial charge in [0.2, 0.25) is 0 Å². The van der Waals surface area contributed by atoms with E-state index in [0.29, 0.717) is 0 Å². The van der Waals surface area contributed by atoms with Gasteiger partial charge < -0.3 is 14.5 Å². The highest BCUT2D eigenvalue weighted by atomic mass is 16.5. The van der Waals surface area contributed by atoms with Gasteiger partial charge in [-0.05, 0) is 54.2 Å². The van der Waals surface area contributed by atoms with E-state index in [1.807, 2.05) is 17.0 Å². The summed E-state index contributed by atoms with van der Waals surface area (Å²) in [6.45, 7) is 14.1. The van der Waals surface area contributed by atoms with Crippen molar-refractivity contribution in [1.82, 2.24) is 4.90 Å². The molecule has 0 spiro atoms. The molecule has 1 aliphatic heterocycles. The number of hydrogen-bond donors (Lipinski definition) is 0. The summed E-state index contributed by atoms with van der Waals surface area (Å²) in [5.74, 6) is 0.802. The average Bonchev–Trinajstić information content (AvgIpc) is 2.68. The summed E-state index contributed by atoms with van der Waals surface area (Å²) in [4.78, 5) is 16.8. The van der Waals surface area contributed by atoms with E-state index in [4.69, 9.17) is 4.74 Å². The van der Waals surface area contributed by atoms with E-state index in [9.17, 15) is 4.79 Å². The Labute approximate surface area is 169 Å². The molecular formula is C24H32N2O2. The topological polar surface area (TPSA) is 32.8 Å². The van der Waals surface area contributed by atoms with Gasteiger partial charge in [0, 0.05) is 31.9 Å². The number of ether oxygens (including phenoxy) is 1. The normalized spacial score (nSPS) is 14.9. The molecule has 1 fully saturated rings. The minimum atomic E-state index is 0.0560. The summed E-state index contributed by atoms with van der Waals surface area (Å²) >= 11 is 0. The fourth-order valence-corrected chi connectivity index (χ4v) is 3.56. The molecule has 150 valence electrons. The summed E-state index contributed by atoms with van der Waals surface area (Å²) in [6.07, 6.45) is 0. The third-order valence-corrected chi connectivity index (χ3v) is 5.63. The fraction of sp³-hybridized carbons (Fsp3) is 0.458. The maximum atomic E-state index is 12.5. The van der Waals surface area contributed by atoms with Crippen LogP contribution in [0.1, 0.15) is 37.5 Å². The minimum Gasteiger partial charge on any atom is -0.484 e. The molecule has 0 aliphatic carbocycles. The molecule has 0 N–H and O–H groups in total. The summed E-state index contributed by atoms with van der Waals surface area (Å²) in [6, 6.07) is 14.5. The number of amides is 1. The second-order valence-corrected chi connectivity index (χ2v) is 8.65. The zero-order valence-corrected chi connectivity index (χ0v) is 17.8. The smallest absolute Gasteiger partial charge is 0.260 e. The molecule has 2 aromatic rings. The molecule has 4 nitrogen and oxygen atoms in total. The lowest BCUT2D eigenvalue weighted by molar-refractivity contribution is -0.133. The van der Waals surface area contributed by atoms with Crippen molar-refractivity contribution in [1.29, 1.82) is 0 Å². The second-order valence-electron chi connectivity index (χ2n) is 8.65. The zero-order chi connectivity index (χ0) is 20.3. The van der Waals surface area contributed by atoms with Gasteiger partial charge in [-0.15, -0.1) is 0 Å². The van der Waals surface area contributed by atoms with Crippen molar-refractivity contribution in [3.8, 4) is 5.75 Å². The third-order valence-electron chi connectivity index (χ3n) is 5.63. The van der Waals surface area contributed by atoms with Crippen molar-refractivity contribution in [2.45, 2.75) is 40.0 Å². The Balaban J connectivity index is 1.51. The van der Waals surface area contributed by atoms with E-state index < -0.39 is 0 Å². The van der Waals surface area contributed by atoms with Crippen LogP contribution in [0.5, 0.6) is 5.75 Å². The van der Waals surface area contributed by atoms with Crippen LogP contribution in [-0.2, 0) is 10.2 Å². The molecule has 0 unspecified atom stereocenters. The number of carbonyl (C=O) groups is 1. The van der Waals surface area contributed by atoms with E-state index in [2.05, 4.69) is 69.9 Å². The molecule has 0 radical (unpaired) electrons. The van der Waals surface area contributed by atoms with Crippen LogP contribution < -0.4 is 9.64 Å². The second kappa shape index (κ2) is 8.26. The van der Waals surface area contributed by atoms with E-state index in [1.54, 1.807) is 0 Å². The number of anilines is 1. The lowest BCUT2D eigenvalue weighted by Gasteiger charge is -2.37. The zero-order valence-electron chi connectivity index (χ0n) is 17.8. The van der Waals surface area contributed by atoms with Crippen molar-refractivity contribution in [2.75, 3.05) is 37.7 Å². The summed E-state index contributed by atoms with van der Waals surface area (Å²) in [7, 11) is 0. The van der Waals surface area contributed by atoms with E-state index in [0.717, 1.165) is 31.9 Å². The Hall–Kier alpha value is -2.49. The highest BCUT2D eigenvalue weighted by Gasteiger charge is 2.22. The predicted molar refractivity (Wildman–Crippen MR) is 115 cm³/mol. The Morgan fingerprint density at radius 2 is 1.61 bits per heavy atom. The van der Waals surface area contributed by atoms with Crippen LogP contribution in [-0.4, -0.2) is 43.6 Å². The molecule has 1 aliphatic rings. The molecule has 4 heteroatoms. The van der Waals surface area contributed by atoms with E-state index >= 15 is 0 Å². The largest absolute Gasteiger partial charge is 0.484 e. The van der Waals surface area contributed by atoms with Crippen molar-refractivity contribution in [3.05, 3.63) is 59.2 Å². The Morgan fingerprint density at radius 1 is 0.964 bits per heavy atom. The number of nitrogens with zero attached hydrogens (tertiary/aromatic N) is 2. The number of carbonyl (C=O) groups excluding carboxylic acids is 1. The first-order valence-electron chi connectivity index (χ1n) is 10.1. The number of benzene rings is 2. The number of aryl methyl sites for hydroxylation is 1. The molecule has 1 saturated heterocycles. The van der Waals surface area contributed by atoms with Gasteiger partial charge in [-0.25, -0.2) is 0 Å². The van der Waals surface area contributed by atoms with Gasteiger partial charge in [-0.2, -0.15) is 0 Å². The van der Waals surface area contributed by atoms with Crippen molar-refractivity contribution in [3.63, 3.8) is 0 Å². The number of hydrogen-bond acceptors (Lipinski definition) is 3. The van der Waals surface area contributed by atoms with Crippen LogP contribution >= 0.6 is 0 Å². The quantitative estimate of drug-likeness (QED) is 0.791. The Kier molecular flexibility index (Phi) is 5.97. The van der Waals surface area contributed by atoms with Crippen LogP contribution in [0, 0.1) is 13.8 Å². The summed E-state index contributed by atoms with van der Waals surface area (Å²) in [5.41, 5.74) is 5.28. The molecule has 28 heavy (non-hydrogen) atoms. The molecular weight excluding hydrogens is 348 g/mol. The van der Waals surface area contributed by atoms with Crippen LogP contribution in [0.25, 0.3) is 0 Å². The van der Waals surface area contributed by atoms with Gasteiger partial charge in [0.25, 0.3) is 5.91 Å². The Morgan fingerprint density at radius 3 is 2.21 bits per heavy atom. The van der Waals surface area contributed by atoms with Crippen LogP contribution in [0.2, 0.25) is 0 Å². The molecule has 2 aromatic carbocycles. The first-order valence-corrected chi connectivity index (χ1v) is 10.1. The van der Waals surface area contributed by atoms with E-state index in [-0.39, 0.29) is 17.9 Å². The van der Waals surface area contributed by atoms with Gasteiger partial charge in [0.15, 0.2) is 6.61 Å². The first-order chi connectivity index (χ1) is 13.3. The lowest BCUT2D eigenvalue weighted by atomic mass is 9.87. The highest BCUT2D eigenvalue weighted by molar-refractivity contribution is 5.78. The van der Waals surface area contributed by atoms with Gasteiger partial charge in [0.05, 0.1) is 0 Å². The van der Waals surface area contributed by atoms with Crippen molar-refractivity contribution < 1.29 is 9.53 Å². The maximum Gasteiger partial charge on any atom is 0.260 e. The van der Waals surface area contributed by atoms with Crippen LogP contribution in [0.15, 0.2) is 42.5 Å². The van der Waals surface area contributed by atoms with Gasteiger partial charge >= 0.3 is 0 Å². The van der Waals surface area contributed by atoms with Gasteiger partial charge in [0.1, 0.15) is 5.75 Å². The average molecular weight is 381 g/mol. The monoisotopic (exact) mass is 380 g/mol. The highest BCUT2D eigenvalue weighted by Crippen LogP contribution is 2.25. The standard InChI is InChI=1S/C24H32N2O2/c1-18-7-6-8-22(19(18)2)25-13-15-26(16-14-25)23(27)17-28-21-11-9-20(10-12-21)24(3,4)5/h6-12H,13-17H2,1-5H3. The molecule has 3 rings (SSSR count). The predicted octanol–water partition coefficient (Wildman–Crippen LogP) is 4.33. The molecule has 1 amide bonds. The van der Waals surface area contributed by atoms with Crippen LogP contribution in [0.3, 0.4) is 0 Å². The summed E-state index contributed by atoms with van der Waals surface area (Å²) < 4.78 is 5.73. The van der Waals surface area contributed by atoms with Gasteiger partial charge in [-0.3, -0.25) is 4.79 Å². The maximum absolute atomic E-state index is 12.5. The third kappa shape index (κ3) is 4.67. The fourth-order valence-electron chi connectivity index (χ4n) is 3.56. The molecule has 0 saturated carbocycles. The molecule has 1 heterocycles. The van der Waals surface area contributed by atoms with E-state index in [1.165, 1.54) is 22.4 Å². The number of piperazine rings is 1. The molecule has 0 atom stereocenters. The SMILES string of the molecule is Cc1cccc(N2CCN(C(=O)COc3ccc(C(C)(C)C)cc3)CC2)c1C. The summed E-state index contributed by atoms with van der Waals surface area (Å²) in [5, 5.41) is 0. The lowest BCUT2D eigenvalue weighted by Crippen LogP contribution is -2.50. The van der Waals surface area contributed by atoms with Crippen molar-refractivity contribution >= 4 is 11.6 Å².